The molecule has 0 aliphatic heterocycles. The Morgan fingerprint density at radius 3 is 2.64 bits per heavy atom. The van der Waals surface area contributed by atoms with Gasteiger partial charge in [0.2, 0.25) is 0 Å². The predicted molar refractivity (Wildman–Crippen MR) is 51.2 cm³/mol. The van der Waals surface area contributed by atoms with E-state index < -0.39 is 12.0 Å². The Balaban J connectivity index is 4.01. The van der Waals surface area contributed by atoms with E-state index in [1.165, 1.54) is 4.31 Å². The molecule has 64 valence electrons. The van der Waals surface area contributed by atoms with Crippen molar-refractivity contribution in [3.05, 3.63) is 12.7 Å². The molecule has 3 nitrogen and oxygen atoms in total. The molecule has 0 rings (SSSR count). The maximum atomic E-state index is 10.5. The minimum Gasteiger partial charge on any atom is -0.480 e. The summed E-state index contributed by atoms with van der Waals surface area (Å²) in [6, 6.07) is -0.653. The Hall–Kier alpha value is -0.130. The summed E-state index contributed by atoms with van der Waals surface area (Å²) in [5, 5.41) is 8.60. The van der Waals surface area contributed by atoms with Gasteiger partial charge in [0.05, 0.1) is 0 Å². The fourth-order valence-electron chi connectivity index (χ4n) is 0.559. The third kappa shape index (κ3) is 3.69. The van der Waals surface area contributed by atoms with Crippen molar-refractivity contribution in [3.8, 4) is 0 Å². The van der Waals surface area contributed by atoms with E-state index in [1.807, 2.05) is 0 Å². The van der Waals surface area contributed by atoms with E-state index in [0.717, 1.165) is 0 Å². The fourth-order valence-corrected chi connectivity index (χ4v) is 1.34. The van der Waals surface area contributed by atoms with Crippen LogP contribution in [0.15, 0.2) is 12.7 Å². The quantitative estimate of drug-likeness (QED) is 0.445. The molecule has 0 aromatic rings. The van der Waals surface area contributed by atoms with Crippen LogP contribution in [-0.2, 0) is 4.79 Å². The van der Waals surface area contributed by atoms with Gasteiger partial charge in [0.25, 0.3) is 0 Å². The predicted octanol–water partition coefficient (Wildman–Crippen LogP) is 0.702. The van der Waals surface area contributed by atoms with Gasteiger partial charge in [-0.1, -0.05) is 18.9 Å². The number of rotatable bonds is 5. The summed E-state index contributed by atoms with van der Waals surface area (Å²) < 4.78 is 1.38. The minimum absolute atomic E-state index is 0.243. The van der Waals surface area contributed by atoms with Gasteiger partial charge in [-0.3, -0.25) is 4.79 Å². The Morgan fingerprint density at radius 2 is 2.36 bits per heavy atom. The SMILES string of the molecule is C=CCN(S)C(CS)C(=O)O. The second-order valence-corrected chi connectivity index (χ2v) is 2.83. The standard InChI is InChI=1S/C6H11NO2S2/c1-2-3-7(11)5(4-10)6(8)9/h2,5,10-11H,1,3-4H2,(H,8,9). The number of hydrogen-bond acceptors (Lipinski definition) is 4. The maximum absolute atomic E-state index is 10.5. The molecule has 0 heterocycles. The van der Waals surface area contributed by atoms with Crippen LogP contribution in [-0.4, -0.2) is 33.7 Å². The van der Waals surface area contributed by atoms with Gasteiger partial charge in [-0.2, -0.15) is 12.6 Å². The van der Waals surface area contributed by atoms with E-state index in [0.29, 0.717) is 6.54 Å². The number of nitrogens with zero attached hydrogens (tertiary/aromatic N) is 1. The molecule has 0 spiro atoms. The Morgan fingerprint density at radius 1 is 1.82 bits per heavy atom. The minimum atomic E-state index is -0.920. The van der Waals surface area contributed by atoms with Crippen LogP contribution >= 0.6 is 25.4 Å². The van der Waals surface area contributed by atoms with Crippen LogP contribution in [0.3, 0.4) is 0 Å². The van der Waals surface area contributed by atoms with Gasteiger partial charge in [-0.05, 0) is 0 Å². The van der Waals surface area contributed by atoms with Crippen LogP contribution in [0.25, 0.3) is 0 Å². The van der Waals surface area contributed by atoms with Crippen LogP contribution in [0.4, 0.5) is 0 Å². The summed E-state index contributed by atoms with van der Waals surface area (Å²) in [7, 11) is 0. The Bertz CT molecular complexity index is 152. The zero-order valence-corrected chi connectivity index (χ0v) is 7.76. The first-order valence-electron chi connectivity index (χ1n) is 3.03. The highest BCUT2D eigenvalue weighted by molar-refractivity contribution is 7.80. The normalized spacial score (nSPS) is 13.0. The Labute approximate surface area is 77.0 Å². The van der Waals surface area contributed by atoms with Gasteiger partial charge < -0.3 is 5.11 Å². The largest absolute Gasteiger partial charge is 0.480 e. The number of aliphatic carboxylic acids is 1. The fraction of sp³-hybridized carbons (Fsp3) is 0.500. The zero-order chi connectivity index (χ0) is 8.85. The number of carbonyl (C=O) groups is 1. The molecule has 1 unspecified atom stereocenters. The Kier molecular flexibility index (Phi) is 5.45. The van der Waals surface area contributed by atoms with Gasteiger partial charge in [0, 0.05) is 12.3 Å². The van der Waals surface area contributed by atoms with Crippen LogP contribution in [0.5, 0.6) is 0 Å². The van der Waals surface area contributed by atoms with Crippen LogP contribution in [0, 0.1) is 0 Å². The molecule has 0 aromatic carbocycles. The number of carboxylic acids is 1. The van der Waals surface area contributed by atoms with Crippen LogP contribution < -0.4 is 0 Å². The summed E-state index contributed by atoms with van der Waals surface area (Å²) in [6.07, 6.45) is 1.59. The molecule has 0 radical (unpaired) electrons. The highest BCUT2D eigenvalue weighted by Crippen LogP contribution is 2.04. The topological polar surface area (TPSA) is 40.5 Å². The van der Waals surface area contributed by atoms with E-state index in [1.54, 1.807) is 6.08 Å². The van der Waals surface area contributed by atoms with Crippen molar-refractivity contribution < 1.29 is 9.90 Å². The lowest BCUT2D eigenvalue weighted by Crippen LogP contribution is -2.36. The number of thiol groups is 2. The molecule has 11 heavy (non-hydrogen) atoms. The third-order valence-electron chi connectivity index (χ3n) is 1.13. The van der Waals surface area contributed by atoms with Gasteiger partial charge in [0.15, 0.2) is 0 Å². The van der Waals surface area contributed by atoms with Crippen LogP contribution in [0.2, 0.25) is 0 Å². The summed E-state index contributed by atoms with van der Waals surface area (Å²) >= 11 is 7.84. The van der Waals surface area contributed by atoms with E-state index in [9.17, 15) is 4.79 Å². The summed E-state index contributed by atoms with van der Waals surface area (Å²) in [5.74, 6) is -0.677. The highest BCUT2D eigenvalue weighted by atomic mass is 32.1. The van der Waals surface area contributed by atoms with Crippen molar-refractivity contribution >= 4 is 31.4 Å². The van der Waals surface area contributed by atoms with Crippen molar-refractivity contribution in [2.75, 3.05) is 12.3 Å². The van der Waals surface area contributed by atoms with Gasteiger partial charge >= 0.3 is 5.97 Å². The molecule has 0 amide bonds. The smallest absolute Gasteiger partial charge is 0.322 e. The average Bonchev–Trinajstić information content (AvgIpc) is 1.88. The molecule has 5 heteroatoms. The molecular weight excluding hydrogens is 182 g/mol. The van der Waals surface area contributed by atoms with Crippen molar-refractivity contribution in [2.24, 2.45) is 0 Å². The first-order valence-corrected chi connectivity index (χ1v) is 4.06. The summed E-state index contributed by atoms with van der Waals surface area (Å²) in [4.78, 5) is 10.5. The van der Waals surface area contributed by atoms with E-state index in [2.05, 4.69) is 32.0 Å². The molecule has 0 saturated heterocycles. The van der Waals surface area contributed by atoms with Gasteiger partial charge in [0.1, 0.15) is 6.04 Å². The molecule has 0 saturated carbocycles. The second-order valence-electron chi connectivity index (χ2n) is 1.95. The lowest BCUT2D eigenvalue weighted by atomic mass is 10.3. The third-order valence-corrected chi connectivity index (χ3v) is 1.92. The number of hydrogen-bond donors (Lipinski definition) is 3. The first-order chi connectivity index (χ1) is 5.13. The highest BCUT2D eigenvalue weighted by Gasteiger charge is 2.20. The van der Waals surface area contributed by atoms with Gasteiger partial charge in [-0.25, -0.2) is 4.31 Å². The van der Waals surface area contributed by atoms with Crippen molar-refractivity contribution in [2.45, 2.75) is 6.04 Å². The first kappa shape index (κ1) is 10.9. The summed E-state index contributed by atoms with van der Waals surface area (Å²) in [6.45, 7) is 3.90. The molecule has 1 N–H and O–H groups in total. The van der Waals surface area contributed by atoms with E-state index in [4.69, 9.17) is 5.11 Å². The molecule has 1 atom stereocenters. The molecule has 0 aromatic heterocycles. The van der Waals surface area contributed by atoms with Crippen molar-refractivity contribution in [1.82, 2.24) is 4.31 Å². The number of carboxylic acid groups (broad SMARTS) is 1. The second kappa shape index (κ2) is 5.51. The molecule has 0 aliphatic carbocycles. The van der Waals surface area contributed by atoms with E-state index >= 15 is 0 Å². The maximum Gasteiger partial charge on any atom is 0.322 e. The van der Waals surface area contributed by atoms with Crippen molar-refractivity contribution in [3.63, 3.8) is 0 Å². The average molecular weight is 193 g/mol. The zero-order valence-electron chi connectivity index (χ0n) is 5.97. The van der Waals surface area contributed by atoms with Gasteiger partial charge in [-0.15, -0.1) is 6.58 Å². The molecule has 0 bridgehead atoms. The van der Waals surface area contributed by atoms with Crippen LogP contribution in [0.1, 0.15) is 0 Å². The lowest BCUT2D eigenvalue weighted by Gasteiger charge is -2.19. The van der Waals surface area contributed by atoms with E-state index in [-0.39, 0.29) is 5.75 Å². The van der Waals surface area contributed by atoms with Crippen molar-refractivity contribution in [1.29, 1.82) is 0 Å². The molecular formula is C6H11NO2S2. The monoisotopic (exact) mass is 193 g/mol. The molecule has 0 aliphatic rings. The molecule has 0 fully saturated rings. The lowest BCUT2D eigenvalue weighted by molar-refractivity contribution is -0.140. The summed E-state index contributed by atoms with van der Waals surface area (Å²) in [5.41, 5.74) is 0.